The minimum absolute atomic E-state index is 0.126. The Morgan fingerprint density at radius 1 is 1.28 bits per heavy atom. The molecule has 1 atom stereocenters. The number of nitrogens with two attached hydrogens (primary N) is 2. The van der Waals surface area contributed by atoms with Crippen molar-refractivity contribution in [3.05, 3.63) is 29.8 Å². The Morgan fingerprint density at radius 2 is 2.00 bits per heavy atom. The molecule has 1 saturated heterocycles. The zero-order valence-electron chi connectivity index (χ0n) is 10.1. The molecule has 2 rings (SSSR count). The van der Waals surface area contributed by atoms with Crippen molar-refractivity contribution in [1.29, 1.82) is 0 Å². The predicted molar refractivity (Wildman–Crippen MR) is 68.7 cm³/mol. The summed E-state index contributed by atoms with van der Waals surface area (Å²) in [6.45, 7) is 1.04. The summed E-state index contributed by atoms with van der Waals surface area (Å²) >= 11 is 0. The highest BCUT2D eigenvalue weighted by Gasteiger charge is 2.28. The van der Waals surface area contributed by atoms with Crippen molar-refractivity contribution in [2.45, 2.75) is 12.8 Å². The number of benzene rings is 1. The van der Waals surface area contributed by atoms with Crippen molar-refractivity contribution in [3.8, 4) is 0 Å². The number of para-hydroxylation sites is 1. The number of nitrogen functional groups attached to an aromatic ring is 1. The average molecular weight is 247 g/mol. The zero-order chi connectivity index (χ0) is 13.1. The van der Waals surface area contributed by atoms with Crippen LogP contribution in [0.2, 0.25) is 0 Å². The Morgan fingerprint density at radius 3 is 2.67 bits per heavy atom. The number of likely N-dealkylation sites (tertiary alicyclic amines) is 1. The Hall–Kier alpha value is -2.04. The summed E-state index contributed by atoms with van der Waals surface area (Å²) in [6.07, 6.45) is 1.55. The number of amides is 2. The van der Waals surface area contributed by atoms with E-state index in [0.717, 1.165) is 12.8 Å². The molecule has 1 aliphatic rings. The summed E-state index contributed by atoms with van der Waals surface area (Å²) in [7, 11) is 0. The fourth-order valence-corrected chi connectivity index (χ4v) is 2.26. The first-order valence-electron chi connectivity index (χ1n) is 6.02. The van der Waals surface area contributed by atoms with Crippen molar-refractivity contribution in [3.63, 3.8) is 0 Å². The molecule has 1 heterocycles. The summed E-state index contributed by atoms with van der Waals surface area (Å²) < 4.78 is 0. The lowest BCUT2D eigenvalue weighted by Crippen LogP contribution is -2.44. The van der Waals surface area contributed by atoms with Crippen molar-refractivity contribution >= 4 is 17.5 Å². The molecule has 0 aliphatic carbocycles. The lowest BCUT2D eigenvalue weighted by atomic mass is 9.96. The van der Waals surface area contributed by atoms with Crippen LogP contribution in [0, 0.1) is 5.92 Å². The molecule has 0 radical (unpaired) electrons. The first kappa shape index (κ1) is 12.4. The smallest absolute Gasteiger partial charge is 0.255 e. The van der Waals surface area contributed by atoms with E-state index in [2.05, 4.69) is 0 Å². The second-order valence-electron chi connectivity index (χ2n) is 4.58. The maximum Gasteiger partial charge on any atom is 0.255 e. The van der Waals surface area contributed by atoms with Crippen LogP contribution in [-0.4, -0.2) is 29.8 Å². The van der Waals surface area contributed by atoms with Gasteiger partial charge in [0.15, 0.2) is 0 Å². The van der Waals surface area contributed by atoms with Crippen molar-refractivity contribution in [2.75, 3.05) is 18.8 Å². The third kappa shape index (κ3) is 2.45. The van der Waals surface area contributed by atoms with E-state index >= 15 is 0 Å². The third-order valence-corrected chi connectivity index (χ3v) is 3.30. The Balaban J connectivity index is 2.14. The predicted octanol–water partition coefficient (Wildman–Crippen LogP) is 0.606. The van der Waals surface area contributed by atoms with Gasteiger partial charge in [-0.3, -0.25) is 9.59 Å². The van der Waals surface area contributed by atoms with E-state index in [4.69, 9.17) is 11.5 Å². The summed E-state index contributed by atoms with van der Waals surface area (Å²) in [5, 5.41) is 0. The fourth-order valence-electron chi connectivity index (χ4n) is 2.26. The van der Waals surface area contributed by atoms with E-state index < -0.39 is 0 Å². The number of hydrogen-bond acceptors (Lipinski definition) is 3. The van der Waals surface area contributed by atoms with E-state index in [1.807, 2.05) is 0 Å². The molecule has 4 N–H and O–H groups in total. The van der Waals surface area contributed by atoms with E-state index in [0.29, 0.717) is 24.3 Å². The van der Waals surface area contributed by atoms with Gasteiger partial charge in [-0.2, -0.15) is 0 Å². The molecule has 2 amide bonds. The normalized spacial score (nSPS) is 19.6. The maximum atomic E-state index is 12.3. The Bertz CT molecular complexity index is 473. The first-order valence-corrected chi connectivity index (χ1v) is 6.02. The number of primary amides is 1. The first-order chi connectivity index (χ1) is 8.59. The Labute approximate surface area is 106 Å². The van der Waals surface area contributed by atoms with Crippen LogP contribution in [0.15, 0.2) is 24.3 Å². The molecule has 0 bridgehead atoms. The summed E-state index contributed by atoms with van der Waals surface area (Å²) in [5.74, 6) is -0.708. The highest BCUT2D eigenvalue weighted by Crippen LogP contribution is 2.20. The zero-order valence-corrected chi connectivity index (χ0v) is 10.1. The minimum Gasteiger partial charge on any atom is -0.398 e. The maximum absolute atomic E-state index is 12.3. The average Bonchev–Trinajstić information content (AvgIpc) is 2.38. The third-order valence-electron chi connectivity index (χ3n) is 3.30. The molecule has 96 valence electrons. The molecule has 0 aromatic heterocycles. The van der Waals surface area contributed by atoms with Crippen molar-refractivity contribution in [2.24, 2.45) is 11.7 Å². The van der Waals surface area contributed by atoms with Gasteiger partial charge in [0.1, 0.15) is 0 Å². The molecule has 0 saturated carbocycles. The molecule has 1 fully saturated rings. The lowest BCUT2D eigenvalue weighted by molar-refractivity contribution is -0.123. The van der Waals surface area contributed by atoms with Crippen LogP contribution in [0.4, 0.5) is 5.69 Å². The van der Waals surface area contributed by atoms with Gasteiger partial charge in [-0.1, -0.05) is 12.1 Å². The monoisotopic (exact) mass is 247 g/mol. The second kappa shape index (κ2) is 5.08. The van der Waals surface area contributed by atoms with Crippen LogP contribution >= 0.6 is 0 Å². The van der Waals surface area contributed by atoms with E-state index in [9.17, 15) is 9.59 Å². The van der Waals surface area contributed by atoms with Crippen LogP contribution in [0.5, 0.6) is 0 Å². The highest BCUT2D eigenvalue weighted by molar-refractivity contribution is 5.99. The number of carbonyl (C=O) groups excluding carboxylic acids is 2. The molecular weight excluding hydrogens is 230 g/mol. The Kier molecular flexibility index (Phi) is 3.50. The number of piperidine rings is 1. The number of hydrogen-bond donors (Lipinski definition) is 2. The molecular formula is C13H17N3O2. The number of nitrogens with zero attached hydrogens (tertiary/aromatic N) is 1. The van der Waals surface area contributed by atoms with E-state index in [1.54, 1.807) is 29.2 Å². The van der Waals surface area contributed by atoms with Crippen molar-refractivity contribution in [1.82, 2.24) is 4.90 Å². The summed E-state index contributed by atoms with van der Waals surface area (Å²) in [6, 6.07) is 6.96. The molecule has 1 aromatic carbocycles. The number of anilines is 1. The van der Waals surface area contributed by atoms with Gasteiger partial charge in [0.05, 0.1) is 11.5 Å². The molecule has 18 heavy (non-hydrogen) atoms. The molecule has 1 aliphatic heterocycles. The minimum atomic E-state index is -0.339. The van der Waals surface area contributed by atoms with Gasteiger partial charge in [-0.15, -0.1) is 0 Å². The SMILES string of the molecule is NC(=O)C1CCCN(C(=O)c2ccccc2N)C1. The molecule has 0 spiro atoms. The number of rotatable bonds is 2. The van der Waals surface area contributed by atoms with E-state index in [-0.39, 0.29) is 17.7 Å². The lowest BCUT2D eigenvalue weighted by Gasteiger charge is -2.31. The topological polar surface area (TPSA) is 89.4 Å². The van der Waals surface area contributed by atoms with Gasteiger partial charge in [-0.25, -0.2) is 0 Å². The van der Waals surface area contributed by atoms with Crippen LogP contribution < -0.4 is 11.5 Å². The van der Waals surface area contributed by atoms with Gasteiger partial charge in [0.2, 0.25) is 5.91 Å². The van der Waals surface area contributed by atoms with Gasteiger partial charge in [0, 0.05) is 18.8 Å². The van der Waals surface area contributed by atoms with Gasteiger partial charge < -0.3 is 16.4 Å². The molecule has 1 unspecified atom stereocenters. The molecule has 1 aromatic rings. The summed E-state index contributed by atoms with van der Waals surface area (Å²) in [4.78, 5) is 25.1. The van der Waals surface area contributed by atoms with Gasteiger partial charge in [-0.05, 0) is 25.0 Å². The molecule has 5 heteroatoms. The van der Waals surface area contributed by atoms with Crippen LogP contribution in [0.1, 0.15) is 23.2 Å². The van der Waals surface area contributed by atoms with E-state index in [1.165, 1.54) is 0 Å². The standard InChI is InChI=1S/C13H17N3O2/c14-11-6-2-1-5-10(11)13(18)16-7-3-4-9(8-16)12(15)17/h1-2,5-6,9H,3-4,7-8,14H2,(H2,15,17). The van der Waals surface area contributed by atoms with Gasteiger partial charge in [0.25, 0.3) is 5.91 Å². The quantitative estimate of drug-likeness (QED) is 0.750. The van der Waals surface area contributed by atoms with Crippen molar-refractivity contribution < 1.29 is 9.59 Å². The largest absolute Gasteiger partial charge is 0.398 e. The second-order valence-corrected chi connectivity index (χ2v) is 4.58. The molecule has 5 nitrogen and oxygen atoms in total. The van der Waals surface area contributed by atoms with Crippen LogP contribution in [0.3, 0.4) is 0 Å². The van der Waals surface area contributed by atoms with Crippen LogP contribution in [0.25, 0.3) is 0 Å². The fraction of sp³-hybridized carbons (Fsp3) is 0.385. The summed E-state index contributed by atoms with van der Waals surface area (Å²) in [5.41, 5.74) is 12.0. The number of carbonyl (C=O) groups is 2. The van der Waals surface area contributed by atoms with Gasteiger partial charge >= 0.3 is 0 Å². The highest BCUT2D eigenvalue weighted by atomic mass is 16.2. The van der Waals surface area contributed by atoms with Crippen LogP contribution in [-0.2, 0) is 4.79 Å².